The van der Waals surface area contributed by atoms with Crippen molar-refractivity contribution in [3.05, 3.63) is 12.1 Å². The molecule has 0 bridgehead atoms. The number of hydrogen-bond donors (Lipinski definition) is 1. The number of nitrogens with zero attached hydrogens (tertiary/aromatic N) is 3. The second-order valence-electron chi connectivity index (χ2n) is 8.26. The van der Waals surface area contributed by atoms with Gasteiger partial charge >= 0.3 is 16.3 Å². The normalized spacial score (nSPS) is 17.9. The van der Waals surface area contributed by atoms with Gasteiger partial charge in [0, 0.05) is 24.5 Å². The SMILES string of the molecule is COc1cc2nc(OC3CCC3)nc(N3CCC(CCOS(N)(=O)=O)CC3)c2cc1OC. The highest BCUT2D eigenvalue weighted by Gasteiger charge is 2.26. The molecule has 11 heteroatoms. The maximum Gasteiger partial charge on any atom is 0.333 e. The maximum absolute atomic E-state index is 11.0. The number of hydrogen-bond acceptors (Lipinski definition) is 9. The molecule has 0 atom stereocenters. The van der Waals surface area contributed by atoms with Crippen molar-refractivity contribution in [2.45, 2.75) is 44.6 Å². The van der Waals surface area contributed by atoms with Crippen molar-refractivity contribution in [3.63, 3.8) is 0 Å². The van der Waals surface area contributed by atoms with Gasteiger partial charge in [0.2, 0.25) is 0 Å². The standard InChI is InChI=1S/C21H30N4O6S/c1-28-18-12-16-17(13-19(18)29-2)23-21(31-15-4-3-5-15)24-20(16)25-9-6-14(7-10-25)8-11-30-32(22,26)27/h12-15H,3-11H2,1-2H3,(H2,22,26,27). The lowest BCUT2D eigenvalue weighted by Crippen LogP contribution is -2.35. The monoisotopic (exact) mass is 466 g/mol. The number of ether oxygens (including phenoxy) is 3. The Kier molecular flexibility index (Phi) is 6.87. The van der Waals surface area contributed by atoms with Crippen LogP contribution >= 0.6 is 0 Å². The van der Waals surface area contributed by atoms with Crippen LogP contribution in [0, 0.1) is 5.92 Å². The van der Waals surface area contributed by atoms with Crippen LogP contribution in [0.3, 0.4) is 0 Å². The Morgan fingerprint density at radius 3 is 2.34 bits per heavy atom. The molecule has 32 heavy (non-hydrogen) atoms. The third-order valence-corrected chi connectivity index (χ3v) is 6.67. The van der Waals surface area contributed by atoms with Crippen molar-refractivity contribution in [2.75, 3.05) is 38.8 Å². The first-order chi connectivity index (χ1) is 15.4. The molecule has 2 N–H and O–H groups in total. The fourth-order valence-corrected chi connectivity index (χ4v) is 4.44. The predicted molar refractivity (Wildman–Crippen MR) is 120 cm³/mol. The summed E-state index contributed by atoms with van der Waals surface area (Å²) >= 11 is 0. The van der Waals surface area contributed by atoms with E-state index in [-0.39, 0.29) is 12.7 Å². The van der Waals surface area contributed by atoms with Crippen molar-refractivity contribution < 1.29 is 26.8 Å². The van der Waals surface area contributed by atoms with Crippen LogP contribution in [0.15, 0.2) is 12.1 Å². The Labute approximate surface area is 188 Å². The third-order valence-electron chi connectivity index (χ3n) is 6.17. The molecular formula is C21H30N4O6S. The molecule has 1 aromatic heterocycles. The van der Waals surface area contributed by atoms with E-state index in [0.29, 0.717) is 29.8 Å². The van der Waals surface area contributed by atoms with Gasteiger partial charge in [-0.1, -0.05) is 0 Å². The van der Waals surface area contributed by atoms with E-state index in [1.54, 1.807) is 14.2 Å². The zero-order chi connectivity index (χ0) is 22.7. The van der Waals surface area contributed by atoms with Crippen LogP contribution in [0.4, 0.5) is 5.82 Å². The molecule has 2 fully saturated rings. The molecule has 0 radical (unpaired) electrons. The van der Waals surface area contributed by atoms with Gasteiger partial charge in [-0.25, -0.2) is 5.14 Å². The fraction of sp³-hybridized carbons (Fsp3) is 0.619. The lowest BCUT2D eigenvalue weighted by Gasteiger charge is -2.33. The van der Waals surface area contributed by atoms with Gasteiger partial charge in [-0.2, -0.15) is 18.4 Å². The minimum Gasteiger partial charge on any atom is -0.493 e. The quantitative estimate of drug-likeness (QED) is 0.593. The number of rotatable bonds is 9. The van der Waals surface area contributed by atoms with Gasteiger partial charge in [0.1, 0.15) is 11.9 Å². The molecule has 1 aliphatic heterocycles. The third kappa shape index (κ3) is 5.33. The second kappa shape index (κ2) is 9.63. The van der Waals surface area contributed by atoms with Gasteiger partial charge in [-0.3, -0.25) is 4.18 Å². The maximum atomic E-state index is 11.0. The number of piperidine rings is 1. The van der Waals surface area contributed by atoms with Crippen molar-refractivity contribution in [3.8, 4) is 17.5 Å². The van der Waals surface area contributed by atoms with E-state index >= 15 is 0 Å². The molecule has 1 aromatic carbocycles. The molecule has 2 heterocycles. The smallest absolute Gasteiger partial charge is 0.333 e. The zero-order valence-electron chi connectivity index (χ0n) is 18.5. The van der Waals surface area contributed by atoms with Crippen LogP contribution in [0.25, 0.3) is 10.9 Å². The van der Waals surface area contributed by atoms with Crippen molar-refractivity contribution in [2.24, 2.45) is 11.1 Å². The number of fused-ring (bicyclic) bond motifs is 1. The molecule has 2 aromatic rings. The highest BCUT2D eigenvalue weighted by Crippen LogP contribution is 2.38. The van der Waals surface area contributed by atoms with Crippen LogP contribution in [0.5, 0.6) is 17.5 Å². The highest BCUT2D eigenvalue weighted by atomic mass is 32.2. The molecule has 4 rings (SSSR count). The first kappa shape index (κ1) is 22.8. The molecule has 10 nitrogen and oxygen atoms in total. The largest absolute Gasteiger partial charge is 0.493 e. The van der Waals surface area contributed by atoms with E-state index in [1.807, 2.05) is 12.1 Å². The van der Waals surface area contributed by atoms with Gasteiger partial charge in [0.05, 0.1) is 26.3 Å². The summed E-state index contributed by atoms with van der Waals surface area (Å²) in [5.41, 5.74) is 0.741. The van der Waals surface area contributed by atoms with E-state index in [4.69, 9.17) is 28.5 Å². The average molecular weight is 467 g/mol. The minimum absolute atomic E-state index is 0.107. The zero-order valence-corrected chi connectivity index (χ0v) is 19.3. The van der Waals surface area contributed by atoms with Crippen LogP contribution in [0.2, 0.25) is 0 Å². The van der Waals surface area contributed by atoms with E-state index in [0.717, 1.165) is 55.5 Å². The minimum atomic E-state index is -3.89. The Morgan fingerprint density at radius 2 is 1.75 bits per heavy atom. The van der Waals surface area contributed by atoms with E-state index in [2.05, 4.69) is 9.88 Å². The van der Waals surface area contributed by atoms with Crippen LogP contribution < -0.4 is 24.2 Å². The molecule has 1 saturated heterocycles. The van der Waals surface area contributed by atoms with Crippen LogP contribution in [-0.2, 0) is 14.5 Å². The summed E-state index contributed by atoms with van der Waals surface area (Å²) in [5.74, 6) is 2.39. The predicted octanol–water partition coefficient (Wildman–Crippen LogP) is 2.40. The molecule has 0 unspecified atom stereocenters. The van der Waals surface area contributed by atoms with Gasteiger partial charge < -0.3 is 19.1 Å². The highest BCUT2D eigenvalue weighted by molar-refractivity contribution is 7.84. The van der Waals surface area contributed by atoms with Gasteiger partial charge in [0.25, 0.3) is 0 Å². The summed E-state index contributed by atoms with van der Waals surface area (Å²) in [6.45, 7) is 1.67. The Bertz CT molecular complexity index is 1050. The average Bonchev–Trinajstić information content (AvgIpc) is 2.74. The molecule has 1 saturated carbocycles. The Hall–Kier alpha value is -2.37. The molecule has 0 amide bonds. The molecule has 1 aliphatic carbocycles. The topological polar surface area (TPSA) is 126 Å². The lowest BCUT2D eigenvalue weighted by atomic mass is 9.94. The Balaban J connectivity index is 1.56. The summed E-state index contributed by atoms with van der Waals surface area (Å²) in [4.78, 5) is 11.6. The molecule has 0 spiro atoms. The van der Waals surface area contributed by atoms with Gasteiger partial charge in [0.15, 0.2) is 11.5 Å². The first-order valence-corrected chi connectivity index (χ1v) is 12.4. The Morgan fingerprint density at radius 1 is 1.06 bits per heavy atom. The van der Waals surface area contributed by atoms with Gasteiger partial charge in [-0.05, 0) is 50.5 Å². The summed E-state index contributed by atoms with van der Waals surface area (Å²) in [7, 11) is -0.687. The molecule has 176 valence electrons. The summed E-state index contributed by atoms with van der Waals surface area (Å²) in [6, 6.07) is 4.14. The molecule has 2 aliphatic rings. The summed E-state index contributed by atoms with van der Waals surface area (Å²) in [6.07, 6.45) is 5.82. The van der Waals surface area contributed by atoms with Crippen molar-refractivity contribution in [1.29, 1.82) is 0 Å². The van der Waals surface area contributed by atoms with Crippen LogP contribution in [-0.4, -0.2) is 58.4 Å². The second-order valence-corrected chi connectivity index (χ2v) is 9.48. The van der Waals surface area contributed by atoms with Crippen LogP contribution in [0.1, 0.15) is 38.5 Å². The van der Waals surface area contributed by atoms with E-state index < -0.39 is 10.3 Å². The number of benzene rings is 1. The van der Waals surface area contributed by atoms with E-state index in [1.165, 1.54) is 6.42 Å². The molecular weight excluding hydrogens is 436 g/mol. The van der Waals surface area contributed by atoms with Crippen molar-refractivity contribution >= 4 is 27.0 Å². The summed E-state index contributed by atoms with van der Waals surface area (Å²) < 4.78 is 43.6. The van der Waals surface area contributed by atoms with E-state index in [9.17, 15) is 8.42 Å². The lowest BCUT2D eigenvalue weighted by molar-refractivity contribution is 0.109. The number of anilines is 1. The first-order valence-electron chi connectivity index (χ1n) is 10.9. The van der Waals surface area contributed by atoms with Gasteiger partial charge in [-0.15, -0.1) is 0 Å². The fourth-order valence-electron chi connectivity index (χ4n) is 4.11. The summed E-state index contributed by atoms with van der Waals surface area (Å²) in [5, 5.41) is 5.78. The number of aromatic nitrogens is 2. The van der Waals surface area contributed by atoms with Crippen molar-refractivity contribution in [1.82, 2.24) is 9.97 Å². The number of nitrogens with two attached hydrogens (primary N) is 1. The number of methoxy groups -OCH3 is 2.